The fourth-order valence-electron chi connectivity index (χ4n) is 1.97. The smallest absolute Gasteiger partial charge is 0.276 e. The monoisotopic (exact) mass is 296 g/mol. The van der Waals surface area contributed by atoms with Gasteiger partial charge in [-0.2, -0.15) is 0 Å². The third-order valence-electron chi connectivity index (χ3n) is 2.93. The van der Waals surface area contributed by atoms with Gasteiger partial charge in [0.15, 0.2) is 0 Å². The molecular weight excluding hydrogens is 280 g/mol. The summed E-state index contributed by atoms with van der Waals surface area (Å²) in [5.74, 6) is 0. The molecule has 0 bridgehead atoms. The van der Waals surface area contributed by atoms with Crippen molar-refractivity contribution in [2.75, 3.05) is 13.1 Å². The van der Waals surface area contributed by atoms with Crippen molar-refractivity contribution in [2.45, 2.75) is 24.2 Å². The average Bonchev–Trinajstić information content (AvgIpc) is 2.46. The number of carbonyl (C=O) groups is 1. The maximum Gasteiger partial charge on any atom is 0.339 e. The van der Waals surface area contributed by atoms with E-state index in [1.165, 1.54) is 12.5 Å². The molecule has 2 N–H and O–H groups in total. The van der Waals surface area contributed by atoms with Gasteiger partial charge in [-0.1, -0.05) is 18.6 Å². The number of piperidine rings is 1. The molecule has 20 heavy (non-hydrogen) atoms. The number of rotatable bonds is 4. The van der Waals surface area contributed by atoms with Crippen LogP contribution in [0.25, 0.3) is 0 Å². The Hall–Kier alpha value is -1.80. The molecule has 0 aromatic heterocycles. The van der Waals surface area contributed by atoms with Gasteiger partial charge in [0, 0.05) is 19.2 Å². The predicted octanol–water partition coefficient (Wildman–Crippen LogP) is 2.30. The van der Waals surface area contributed by atoms with Crippen LogP contribution in [-0.2, 0) is 0 Å². The molecule has 1 heterocycles. The van der Waals surface area contributed by atoms with Crippen molar-refractivity contribution in [2.24, 2.45) is 0 Å². The molecule has 2 rings (SSSR count). The molecule has 8 heteroatoms. The maximum absolute atomic E-state index is 11.7. The van der Waals surface area contributed by atoms with Gasteiger partial charge in [-0.15, -0.1) is 0 Å². The number of benzene rings is 1. The summed E-state index contributed by atoms with van der Waals surface area (Å²) in [5.41, 5.74) is 2.71. The number of para-hydroxylation sites is 1. The molecule has 0 unspecified atom stereocenters. The first-order valence-electron chi connectivity index (χ1n) is 6.38. The van der Waals surface area contributed by atoms with Gasteiger partial charge < -0.3 is 0 Å². The number of nitrogens with zero attached hydrogens (tertiary/aromatic N) is 2. The van der Waals surface area contributed by atoms with E-state index in [1.807, 2.05) is 5.01 Å². The van der Waals surface area contributed by atoms with Crippen molar-refractivity contribution in [3.8, 4) is 0 Å². The highest BCUT2D eigenvalue weighted by Crippen LogP contribution is 2.26. The standard InChI is InChI=1S/C12H16N4O3S/c17-12(13-15-8-4-1-5-9-15)14-20-11-7-3-2-6-10(11)16(18)19/h2-3,6-7H,1,4-5,8-9H2,(H2,13,14,17). The number of nitro benzene ring substituents is 1. The highest BCUT2D eigenvalue weighted by molar-refractivity contribution is 7.98. The second kappa shape index (κ2) is 7.11. The van der Waals surface area contributed by atoms with E-state index in [2.05, 4.69) is 10.1 Å². The number of hydrogen-bond acceptors (Lipinski definition) is 5. The van der Waals surface area contributed by atoms with Gasteiger partial charge >= 0.3 is 6.03 Å². The lowest BCUT2D eigenvalue weighted by Gasteiger charge is -2.26. The van der Waals surface area contributed by atoms with E-state index in [0.29, 0.717) is 4.90 Å². The normalized spacial score (nSPS) is 15.6. The molecule has 1 aromatic rings. The van der Waals surface area contributed by atoms with E-state index in [0.717, 1.165) is 37.9 Å². The van der Waals surface area contributed by atoms with E-state index in [9.17, 15) is 14.9 Å². The molecule has 1 aliphatic heterocycles. The Morgan fingerprint density at radius 1 is 1.25 bits per heavy atom. The zero-order valence-corrected chi connectivity index (χ0v) is 11.7. The van der Waals surface area contributed by atoms with E-state index in [1.54, 1.807) is 18.2 Å². The summed E-state index contributed by atoms with van der Waals surface area (Å²) in [6.45, 7) is 1.67. The summed E-state index contributed by atoms with van der Waals surface area (Å²) in [6, 6.07) is 5.93. The van der Waals surface area contributed by atoms with Crippen molar-refractivity contribution in [1.82, 2.24) is 15.2 Å². The van der Waals surface area contributed by atoms with Gasteiger partial charge in [0.1, 0.15) is 4.90 Å². The molecule has 0 spiro atoms. The van der Waals surface area contributed by atoms with Gasteiger partial charge in [0.2, 0.25) is 0 Å². The summed E-state index contributed by atoms with van der Waals surface area (Å²) in [4.78, 5) is 22.5. The van der Waals surface area contributed by atoms with Crippen LogP contribution >= 0.6 is 11.9 Å². The van der Waals surface area contributed by atoms with Crippen LogP contribution in [0.1, 0.15) is 19.3 Å². The Balaban J connectivity index is 1.85. The van der Waals surface area contributed by atoms with E-state index in [-0.39, 0.29) is 11.7 Å². The largest absolute Gasteiger partial charge is 0.339 e. The maximum atomic E-state index is 11.7. The number of urea groups is 1. The molecule has 0 atom stereocenters. The number of nitrogens with one attached hydrogen (secondary N) is 2. The number of hydrogen-bond donors (Lipinski definition) is 2. The van der Waals surface area contributed by atoms with Crippen molar-refractivity contribution in [1.29, 1.82) is 0 Å². The Morgan fingerprint density at radius 3 is 2.65 bits per heavy atom. The summed E-state index contributed by atoms with van der Waals surface area (Å²) >= 11 is 0.942. The first-order valence-corrected chi connectivity index (χ1v) is 7.20. The van der Waals surface area contributed by atoms with Crippen LogP contribution in [0.2, 0.25) is 0 Å². The first kappa shape index (κ1) is 14.6. The van der Waals surface area contributed by atoms with Crippen LogP contribution in [0.5, 0.6) is 0 Å². The minimum atomic E-state index is -0.466. The number of hydrazine groups is 1. The molecule has 2 amide bonds. The van der Waals surface area contributed by atoms with Gasteiger partial charge in [-0.25, -0.2) is 9.80 Å². The fraction of sp³-hybridized carbons (Fsp3) is 0.417. The summed E-state index contributed by atoms with van der Waals surface area (Å²) in [7, 11) is 0. The fourth-order valence-corrected chi connectivity index (χ4v) is 2.61. The lowest BCUT2D eigenvalue weighted by molar-refractivity contribution is -0.387. The number of nitro groups is 1. The summed E-state index contributed by atoms with van der Waals surface area (Å²) in [6.07, 6.45) is 3.32. The number of amides is 2. The van der Waals surface area contributed by atoms with Gasteiger partial charge in [0.25, 0.3) is 5.69 Å². The van der Waals surface area contributed by atoms with Crippen LogP contribution in [0.4, 0.5) is 10.5 Å². The summed E-state index contributed by atoms with van der Waals surface area (Å²) in [5, 5.41) is 12.7. The SMILES string of the molecule is O=C(NSc1ccccc1[N+](=O)[O-])NN1CCCCC1. The number of carbonyl (C=O) groups excluding carboxylic acids is 1. The van der Waals surface area contributed by atoms with Gasteiger partial charge in [0.05, 0.1) is 4.92 Å². The lowest BCUT2D eigenvalue weighted by Crippen LogP contribution is -2.47. The summed E-state index contributed by atoms with van der Waals surface area (Å²) < 4.78 is 2.56. The van der Waals surface area contributed by atoms with Gasteiger partial charge in [-0.05, 0) is 30.9 Å². The van der Waals surface area contributed by atoms with Crippen LogP contribution in [0.15, 0.2) is 29.2 Å². The molecule has 1 aliphatic rings. The second-order valence-electron chi connectivity index (χ2n) is 4.42. The third-order valence-corrected chi connectivity index (χ3v) is 3.78. The van der Waals surface area contributed by atoms with Crippen LogP contribution in [-0.4, -0.2) is 29.1 Å². The van der Waals surface area contributed by atoms with E-state index in [4.69, 9.17) is 0 Å². The Morgan fingerprint density at radius 2 is 1.95 bits per heavy atom. The first-order chi connectivity index (χ1) is 9.66. The zero-order valence-electron chi connectivity index (χ0n) is 10.9. The predicted molar refractivity (Wildman–Crippen MR) is 76.0 cm³/mol. The topological polar surface area (TPSA) is 87.5 Å². The highest BCUT2D eigenvalue weighted by Gasteiger charge is 2.16. The van der Waals surface area contributed by atoms with Crippen LogP contribution in [0, 0.1) is 10.1 Å². The molecular formula is C12H16N4O3S. The molecule has 7 nitrogen and oxygen atoms in total. The lowest BCUT2D eigenvalue weighted by atomic mass is 10.2. The van der Waals surface area contributed by atoms with Crippen LogP contribution < -0.4 is 10.1 Å². The molecule has 0 saturated carbocycles. The second-order valence-corrected chi connectivity index (χ2v) is 5.27. The Labute approximate surface area is 121 Å². The quantitative estimate of drug-likeness (QED) is 0.506. The average molecular weight is 296 g/mol. The highest BCUT2D eigenvalue weighted by atomic mass is 32.2. The molecule has 1 aromatic carbocycles. The molecule has 0 radical (unpaired) electrons. The molecule has 108 valence electrons. The van der Waals surface area contributed by atoms with E-state index < -0.39 is 4.92 Å². The molecule has 0 aliphatic carbocycles. The Kier molecular flexibility index (Phi) is 5.19. The van der Waals surface area contributed by atoms with Gasteiger partial charge in [-0.3, -0.25) is 20.3 Å². The van der Waals surface area contributed by atoms with Crippen molar-refractivity contribution in [3.63, 3.8) is 0 Å². The minimum Gasteiger partial charge on any atom is -0.276 e. The van der Waals surface area contributed by atoms with Crippen molar-refractivity contribution >= 4 is 23.7 Å². The minimum absolute atomic E-state index is 0.0178. The molecule has 1 fully saturated rings. The zero-order chi connectivity index (χ0) is 14.4. The van der Waals surface area contributed by atoms with Crippen molar-refractivity contribution in [3.05, 3.63) is 34.4 Å². The Bertz CT molecular complexity index is 491. The van der Waals surface area contributed by atoms with E-state index >= 15 is 0 Å². The van der Waals surface area contributed by atoms with Crippen LogP contribution in [0.3, 0.4) is 0 Å². The van der Waals surface area contributed by atoms with Crippen molar-refractivity contribution < 1.29 is 9.72 Å². The third kappa shape index (κ3) is 4.10. The molecule has 1 saturated heterocycles.